The maximum absolute atomic E-state index is 12.9. The lowest BCUT2D eigenvalue weighted by Crippen LogP contribution is -2.06. The van der Waals surface area contributed by atoms with Crippen molar-refractivity contribution in [2.45, 2.75) is 79.9 Å². The number of benzene rings is 5. The lowest BCUT2D eigenvalue weighted by Gasteiger charge is -2.13. The molecule has 0 unspecified atom stereocenters. The highest BCUT2D eigenvalue weighted by Gasteiger charge is 2.27. The summed E-state index contributed by atoms with van der Waals surface area (Å²) < 4.78 is 174. The Morgan fingerprint density at radius 3 is 1.62 bits per heavy atom. The Hall–Kier alpha value is -7.98. The van der Waals surface area contributed by atoms with Crippen LogP contribution in [0.1, 0.15) is 61.8 Å². The first-order chi connectivity index (χ1) is 43.4. The number of nitrogens with one attached hydrogen (secondary N) is 2. The normalized spacial score (nSPS) is 12.7. The summed E-state index contributed by atoms with van der Waals surface area (Å²) in [6, 6.07) is 16.1. The molecule has 2 aromatic heterocycles. The molecule has 0 atom stereocenters. The monoisotopic (exact) mass is 1440 g/mol. The molecular formula is C53H54ClN13O19S7. The molecule has 5 aromatic carbocycles. The number of ether oxygens (including phenoxy) is 1. The van der Waals surface area contributed by atoms with Gasteiger partial charge in [-0.2, -0.15) is 57.6 Å². The van der Waals surface area contributed by atoms with E-state index in [0.717, 1.165) is 46.1 Å². The molecule has 0 bridgehead atoms. The van der Waals surface area contributed by atoms with E-state index in [4.69, 9.17) is 16.3 Å². The lowest BCUT2D eigenvalue weighted by atomic mass is 10.1. The highest BCUT2D eigenvalue weighted by atomic mass is 35.5. The SMILES string of the molecule is CC(=O)Nc1cc(N=Nc2cc(SCCCS(=O)(=O)O)c(N=Nc3cc(OCCCCS(=O)(=O)O)c(N=Nc4c(C)c(C#N)c5nc6c(C)ccc(S(=O)(=O)O)c6n5c4O)cc3C)cc2NC(C)=O)c(SCCCS(=O)(=O)O)cc1N=Nc1ccc(Cl)c(S(=O)(=O)O)c1. The van der Waals surface area contributed by atoms with E-state index >= 15 is 0 Å². The number of imidazole rings is 1. The average molecular weight is 1440 g/mol. The van der Waals surface area contributed by atoms with E-state index < -0.39 is 95.3 Å². The minimum absolute atomic E-state index is 0.000550. The molecule has 40 heteroatoms. The molecule has 2 amide bonds. The van der Waals surface area contributed by atoms with Crippen LogP contribution in [0.15, 0.2) is 127 Å². The highest BCUT2D eigenvalue weighted by Crippen LogP contribution is 2.46. The Bertz CT molecular complexity index is 4930. The van der Waals surface area contributed by atoms with Crippen LogP contribution in [0.25, 0.3) is 16.7 Å². The number of amides is 2. The van der Waals surface area contributed by atoms with Gasteiger partial charge in [-0.15, -0.1) is 54.2 Å². The number of unbranched alkanes of at least 4 members (excludes halogenated alkanes) is 1. The van der Waals surface area contributed by atoms with Crippen LogP contribution >= 0.6 is 35.1 Å². The Morgan fingerprint density at radius 2 is 1.11 bits per heavy atom. The predicted octanol–water partition coefficient (Wildman–Crippen LogP) is 12.5. The Morgan fingerprint density at radius 1 is 0.602 bits per heavy atom. The fourth-order valence-corrected chi connectivity index (χ4v) is 14.0. The van der Waals surface area contributed by atoms with E-state index in [1.165, 1.54) is 69.3 Å². The zero-order valence-electron chi connectivity index (χ0n) is 49.1. The number of hydrogen-bond acceptors (Lipinski definition) is 26. The zero-order valence-corrected chi connectivity index (χ0v) is 55.5. The van der Waals surface area contributed by atoms with Gasteiger partial charge in [0, 0.05) is 35.3 Å². The molecule has 0 saturated carbocycles. The fraction of sp³-hybridized carbons (Fsp3) is 0.283. The van der Waals surface area contributed by atoms with Crippen LogP contribution in [0.4, 0.5) is 56.9 Å². The largest absolute Gasteiger partial charge is 0.493 e. The quantitative estimate of drug-likeness (QED) is 0.00977. The second-order valence-corrected chi connectivity index (χ2v) is 30.1. The second kappa shape index (κ2) is 30.0. The summed E-state index contributed by atoms with van der Waals surface area (Å²) in [6.45, 7) is 6.77. The first-order valence-electron chi connectivity index (χ1n) is 26.7. The number of pyridine rings is 1. The summed E-state index contributed by atoms with van der Waals surface area (Å²) in [5.41, 5.74) is -0.244. The smallest absolute Gasteiger partial charge is 0.296 e. The molecule has 93 heavy (non-hydrogen) atoms. The van der Waals surface area contributed by atoms with Crippen LogP contribution in [0.3, 0.4) is 0 Å². The molecule has 8 N–H and O–H groups in total. The van der Waals surface area contributed by atoms with E-state index in [2.05, 4.69) is 56.5 Å². The number of azo groups is 4. The number of anilines is 2. The molecule has 494 valence electrons. The minimum atomic E-state index is -4.93. The van der Waals surface area contributed by atoms with Gasteiger partial charge in [-0.3, -0.25) is 36.8 Å². The third-order valence-corrected chi connectivity index (χ3v) is 19.6. The van der Waals surface area contributed by atoms with Crippen LogP contribution in [0, 0.1) is 32.1 Å². The van der Waals surface area contributed by atoms with Crippen molar-refractivity contribution in [3.8, 4) is 17.7 Å². The molecule has 2 heterocycles. The number of nitriles is 1. The first-order valence-corrected chi connectivity index (χ1v) is 36.8. The van der Waals surface area contributed by atoms with Gasteiger partial charge in [0.1, 0.15) is 55.6 Å². The number of rotatable bonds is 28. The van der Waals surface area contributed by atoms with Gasteiger partial charge in [0.2, 0.25) is 17.7 Å². The van der Waals surface area contributed by atoms with Gasteiger partial charge in [-0.1, -0.05) is 17.7 Å². The van der Waals surface area contributed by atoms with Gasteiger partial charge in [0.25, 0.3) is 50.6 Å². The van der Waals surface area contributed by atoms with E-state index in [0.29, 0.717) is 11.1 Å². The summed E-state index contributed by atoms with van der Waals surface area (Å²) in [6.07, 6.45) is -0.151. The van der Waals surface area contributed by atoms with E-state index in [1.807, 2.05) is 6.07 Å². The topological polar surface area (TPSA) is 499 Å². The van der Waals surface area contributed by atoms with Gasteiger partial charge >= 0.3 is 0 Å². The maximum atomic E-state index is 12.9. The molecule has 0 aliphatic heterocycles. The molecular weight excluding hydrogens is 1380 g/mol. The Balaban J connectivity index is 1.35. The summed E-state index contributed by atoms with van der Waals surface area (Å²) in [5, 5.41) is 61.8. The molecule has 0 spiro atoms. The third-order valence-electron chi connectivity index (χ3n) is 12.7. The average Bonchev–Trinajstić information content (AvgIpc) is 1.59. The molecule has 0 aliphatic carbocycles. The van der Waals surface area contributed by atoms with Crippen molar-refractivity contribution in [2.75, 3.05) is 46.0 Å². The number of thioether (sulfide) groups is 2. The fourth-order valence-electron chi connectivity index (χ4n) is 8.49. The number of nitrogens with zero attached hydrogens (tertiary/aromatic N) is 11. The van der Waals surface area contributed by atoms with Crippen LogP contribution < -0.4 is 15.4 Å². The number of carbonyl (C=O) groups is 2. The second-order valence-electron chi connectivity index (χ2n) is 20.0. The Labute approximate surface area is 544 Å². The number of aromatic nitrogens is 2. The van der Waals surface area contributed by atoms with Gasteiger partial charge < -0.3 is 20.5 Å². The minimum Gasteiger partial charge on any atom is -0.493 e. The zero-order chi connectivity index (χ0) is 68.5. The lowest BCUT2D eigenvalue weighted by molar-refractivity contribution is -0.115. The molecule has 7 rings (SSSR count). The van der Waals surface area contributed by atoms with Gasteiger partial charge in [0.05, 0.1) is 62.7 Å². The number of hydrogen-bond donors (Lipinski definition) is 8. The summed E-state index contributed by atoms with van der Waals surface area (Å²) in [5.74, 6) is -3.83. The van der Waals surface area contributed by atoms with Gasteiger partial charge in [-0.25, -0.2) is 4.98 Å². The number of aromatic hydroxyl groups is 1. The summed E-state index contributed by atoms with van der Waals surface area (Å²) in [7, 11) is -22.9. The highest BCUT2D eigenvalue weighted by molar-refractivity contribution is 7.99. The molecule has 0 aliphatic rings. The van der Waals surface area contributed by atoms with E-state index in [9.17, 15) is 84.8 Å². The Kier molecular flexibility index (Phi) is 23.3. The van der Waals surface area contributed by atoms with Gasteiger partial charge in [0.15, 0.2) is 11.3 Å². The van der Waals surface area contributed by atoms with Crippen molar-refractivity contribution in [1.82, 2.24) is 9.38 Å². The third kappa shape index (κ3) is 19.8. The van der Waals surface area contributed by atoms with Crippen molar-refractivity contribution in [1.29, 1.82) is 5.26 Å². The van der Waals surface area contributed by atoms with Crippen molar-refractivity contribution >= 4 is 171 Å². The maximum Gasteiger partial charge on any atom is 0.296 e. The van der Waals surface area contributed by atoms with Crippen molar-refractivity contribution in [2.24, 2.45) is 40.9 Å². The summed E-state index contributed by atoms with van der Waals surface area (Å²) in [4.78, 5) is 29.0. The number of carbonyl (C=O) groups excluding carboxylic acids is 2. The number of aryl methyl sites for hydroxylation is 2. The molecule has 0 radical (unpaired) electrons. The van der Waals surface area contributed by atoms with Crippen molar-refractivity contribution < 1.29 is 84.3 Å². The van der Waals surface area contributed by atoms with Gasteiger partial charge in [-0.05, 0) is 124 Å². The number of fused-ring (bicyclic) bond motifs is 3. The van der Waals surface area contributed by atoms with Crippen LogP contribution in [-0.4, -0.2) is 127 Å². The van der Waals surface area contributed by atoms with Crippen molar-refractivity contribution in [3.63, 3.8) is 0 Å². The van der Waals surface area contributed by atoms with Crippen LogP contribution in [0.5, 0.6) is 11.6 Å². The molecule has 7 aromatic rings. The standard InChI is InChI=1S/C53H54ClN13O19S7/c1-28-10-13-47(92(80,81)82)51-49(28)58-52-34(27-55)30(3)50(53(70)67(51)52)66-63-41-20-29(2)36(24-44(41)86-14-6-7-17-89(71,72)73)60-64-42-23-38(57-32(5)69)40(26-46(42)88-16-9-19-91(77,78)79)62-65-43-22-37(56-31(4)68)39(25-45(43)87-15-8-18-90(74,75)76)61-59-33-11-12-35(54)48(21-33)93(83,84)85/h10-13,20-26,70H,6-9,14-19H2,1-5H3,(H,56,68)(H,57,69)(H,71,72,73)(H,74,75,76)(H,77,78,79)(H,80,81,82)(H,83,84,85). The molecule has 0 fully saturated rings. The summed E-state index contributed by atoms with van der Waals surface area (Å²) >= 11 is 8.00. The number of halogens is 1. The van der Waals surface area contributed by atoms with Crippen LogP contribution in [0.2, 0.25) is 5.02 Å². The molecule has 0 saturated heterocycles. The van der Waals surface area contributed by atoms with E-state index in [-0.39, 0.29) is 149 Å². The molecule has 32 nitrogen and oxygen atoms in total. The first kappa shape index (κ1) is 72.4. The van der Waals surface area contributed by atoms with Crippen molar-refractivity contribution in [3.05, 3.63) is 94.0 Å². The van der Waals surface area contributed by atoms with Crippen LogP contribution in [-0.2, 0) is 60.2 Å². The van der Waals surface area contributed by atoms with E-state index in [1.54, 1.807) is 13.8 Å². The predicted molar refractivity (Wildman–Crippen MR) is 344 cm³/mol.